The van der Waals surface area contributed by atoms with Crippen molar-refractivity contribution in [3.63, 3.8) is 0 Å². The molecule has 2 heterocycles. The Hall–Kier alpha value is -1.23. The summed E-state index contributed by atoms with van der Waals surface area (Å²) in [6, 6.07) is 3.11. The van der Waals surface area contributed by atoms with Crippen LogP contribution in [0.25, 0.3) is 0 Å². The molecule has 0 atom stereocenters. The number of hydrogen-bond donors (Lipinski definition) is 0. The van der Waals surface area contributed by atoms with Crippen LogP contribution in [0.4, 0.5) is 0 Å². The molecule has 1 aromatic rings. The first-order valence-electron chi connectivity index (χ1n) is 5.22. The van der Waals surface area contributed by atoms with Gasteiger partial charge in [-0.1, -0.05) is 0 Å². The second-order valence-corrected chi connectivity index (χ2v) is 4.99. The number of carbonyl (C=O) groups is 1. The maximum atomic E-state index is 12.0. The van der Waals surface area contributed by atoms with Crippen LogP contribution in [0.2, 0.25) is 0 Å². The normalized spacial score (nSPS) is 16.2. The number of aromatic nitrogens is 1. The summed E-state index contributed by atoms with van der Waals surface area (Å²) in [5, 5.41) is 0. The van der Waals surface area contributed by atoms with Crippen molar-refractivity contribution in [1.29, 1.82) is 0 Å². The van der Waals surface area contributed by atoms with E-state index in [4.69, 9.17) is 0 Å². The van der Waals surface area contributed by atoms with E-state index in [2.05, 4.69) is 0 Å². The molecule has 1 aliphatic rings. The smallest absolute Gasteiger partial charge is 0.254 e. The fourth-order valence-electron chi connectivity index (χ4n) is 1.63. The minimum atomic E-state index is -0.141. The van der Waals surface area contributed by atoms with E-state index in [9.17, 15) is 9.59 Å². The third kappa shape index (κ3) is 2.29. The highest BCUT2D eigenvalue weighted by Gasteiger charge is 2.18. The van der Waals surface area contributed by atoms with Gasteiger partial charge in [-0.15, -0.1) is 0 Å². The summed E-state index contributed by atoms with van der Waals surface area (Å²) in [5.74, 6) is 1.94. The van der Waals surface area contributed by atoms with Gasteiger partial charge in [0.05, 0.1) is 0 Å². The van der Waals surface area contributed by atoms with Gasteiger partial charge in [-0.25, -0.2) is 0 Å². The first-order chi connectivity index (χ1) is 7.68. The van der Waals surface area contributed by atoms with E-state index in [0.29, 0.717) is 5.56 Å². The Morgan fingerprint density at radius 2 is 2.06 bits per heavy atom. The fraction of sp³-hybridized carbons (Fsp3) is 0.455. The average Bonchev–Trinajstić information content (AvgIpc) is 2.33. The first-order valence-corrected chi connectivity index (χ1v) is 6.37. The lowest BCUT2D eigenvalue weighted by atomic mass is 10.2. The van der Waals surface area contributed by atoms with E-state index in [1.54, 1.807) is 19.3 Å². The number of pyridine rings is 1. The van der Waals surface area contributed by atoms with Gasteiger partial charge in [0.2, 0.25) is 0 Å². The van der Waals surface area contributed by atoms with Gasteiger partial charge in [0, 0.05) is 49.5 Å². The van der Waals surface area contributed by atoms with Gasteiger partial charge >= 0.3 is 0 Å². The number of aryl methyl sites for hydroxylation is 1. The van der Waals surface area contributed by atoms with Crippen LogP contribution in [0.3, 0.4) is 0 Å². The lowest BCUT2D eigenvalue weighted by Crippen LogP contribution is -2.38. The average molecular weight is 238 g/mol. The lowest BCUT2D eigenvalue weighted by Gasteiger charge is -2.26. The Bertz CT molecular complexity index is 450. The SMILES string of the molecule is Cn1ccc(C(=O)N2CCSCC2)cc1=O. The summed E-state index contributed by atoms with van der Waals surface area (Å²) >= 11 is 1.86. The number of amides is 1. The van der Waals surface area contributed by atoms with Crippen LogP contribution in [-0.2, 0) is 7.05 Å². The molecule has 16 heavy (non-hydrogen) atoms. The van der Waals surface area contributed by atoms with Gasteiger partial charge in [-0.3, -0.25) is 9.59 Å². The second-order valence-electron chi connectivity index (χ2n) is 3.77. The molecule has 0 radical (unpaired) electrons. The van der Waals surface area contributed by atoms with Crippen LogP contribution in [0.15, 0.2) is 23.1 Å². The van der Waals surface area contributed by atoms with Crippen molar-refractivity contribution in [3.8, 4) is 0 Å². The molecule has 0 saturated carbocycles. The highest BCUT2D eigenvalue weighted by atomic mass is 32.2. The molecule has 0 N–H and O–H groups in total. The molecule has 86 valence electrons. The van der Waals surface area contributed by atoms with Crippen molar-refractivity contribution in [2.24, 2.45) is 7.05 Å². The Morgan fingerprint density at radius 3 is 2.69 bits per heavy atom. The predicted octanol–water partition coefficient (Wildman–Crippen LogP) is 0.574. The summed E-state index contributed by atoms with van der Waals surface area (Å²) in [7, 11) is 1.67. The Labute approximate surface area is 98.3 Å². The number of thioether (sulfide) groups is 1. The molecule has 1 amide bonds. The zero-order chi connectivity index (χ0) is 11.5. The molecule has 0 aliphatic carbocycles. The van der Waals surface area contributed by atoms with E-state index in [1.807, 2.05) is 16.7 Å². The van der Waals surface area contributed by atoms with Crippen molar-refractivity contribution in [1.82, 2.24) is 9.47 Å². The van der Waals surface area contributed by atoms with Gasteiger partial charge in [-0.2, -0.15) is 11.8 Å². The Balaban J connectivity index is 2.19. The Morgan fingerprint density at radius 1 is 1.38 bits per heavy atom. The van der Waals surface area contributed by atoms with Gasteiger partial charge in [-0.05, 0) is 6.07 Å². The first kappa shape index (κ1) is 11.3. The summed E-state index contributed by atoms with van der Waals surface area (Å²) in [6.07, 6.45) is 1.63. The molecule has 1 fully saturated rings. The summed E-state index contributed by atoms with van der Waals surface area (Å²) in [6.45, 7) is 1.55. The molecular weight excluding hydrogens is 224 g/mol. The van der Waals surface area contributed by atoms with Crippen LogP contribution in [0, 0.1) is 0 Å². The van der Waals surface area contributed by atoms with Crippen molar-refractivity contribution in [2.45, 2.75) is 0 Å². The van der Waals surface area contributed by atoms with Gasteiger partial charge in [0.1, 0.15) is 0 Å². The zero-order valence-corrected chi connectivity index (χ0v) is 10.00. The zero-order valence-electron chi connectivity index (χ0n) is 9.18. The number of carbonyl (C=O) groups excluding carboxylic acids is 1. The highest BCUT2D eigenvalue weighted by molar-refractivity contribution is 7.99. The van der Waals surface area contributed by atoms with Crippen molar-refractivity contribution in [2.75, 3.05) is 24.6 Å². The molecule has 0 bridgehead atoms. The maximum absolute atomic E-state index is 12.0. The molecule has 0 spiro atoms. The molecule has 1 saturated heterocycles. The van der Waals surface area contributed by atoms with E-state index in [0.717, 1.165) is 24.6 Å². The van der Waals surface area contributed by atoms with Crippen molar-refractivity contribution < 1.29 is 4.79 Å². The Kier molecular flexibility index (Phi) is 3.33. The van der Waals surface area contributed by atoms with Crippen LogP contribution < -0.4 is 5.56 Å². The van der Waals surface area contributed by atoms with Gasteiger partial charge < -0.3 is 9.47 Å². The van der Waals surface area contributed by atoms with E-state index in [1.165, 1.54) is 10.6 Å². The van der Waals surface area contributed by atoms with Gasteiger partial charge in [0.15, 0.2) is 0 Å². The van der Waals surface area contributed by atoms with Crippen LogP contribution in [0.1, 0.15) is 10.4 Å². The topological polar surface area (TPSA) is 42.3 Å². The number of hydrogen-bond acceptors (Lipinski definition) is 3. The van der Waals surface area contributed by atoms with Crippen LogP contribution in [-0.4, -0.2) is 40.0 Å². The molecule has 1 aliphatic heterocycles. The standard InChI is InChI=1S/C11H14N2O2S/c1-12-3-2-9(8-10(12)14)11(15)13-4-6-16-7-5-13/h2-3,8H,4-7H2,1H3. The number of rotatable bonds is 1. The van der Waals surface area contributed by atoms with E-state index in [-0.39, 0.29) is 11.5 Å². The minimum Gasteiger partial charge on any atom is -0.337 e. The molecule has 1 aromatic heterocycles. The van der Waals surface area contributed by atoms with Crippen molar-refractivity contribution in [3.05, 3.63) is 34.2 Å². The summed E-state index contributed by atoms with van der Waals surface area (Å²) < 4.78 is 1.46. The fourth-order valence-corrected chi connectivity index (χ4v) is 2.53. The van der Waals surface area contributed by atoms with Crippen molar-refractivity contribution >= 4 is 17.7 Å². The van der Waals surface area contributed by atoms with Gasteiger partial charge in [0.25, 0.3) is 11.5 Å². The maximum Gasteiger partial charge on any atom is 0.254 e. The molecule has 5 heteroatoms. The molecule has 0 aromatic carbocycles. The summed E-state index contributed by atoms with van der Waals surface area (Å²) in [4.78, 5) is 25.3. The van der Waals surface area contributed by atoms with Crippen LogP contribution in [0.5, 0.6) is 0 Å². The molecule has 0 unspecified atom stereocenters. The van der Waals surface area contributed by atoms with Crippen LogP contribution >= 0.6 is 11.8 Å². The predicted molar refractivity (Wildman–Crippen MR) is 64.9 cm³/mol. The molecule has 4 nitrogen and oxygen atoms in total. The van der Waals surface area contributed by atoms with E-state index < -0.39 is 0 Å². The third-order valence-corrected chi connectivity index (χ3v) is 3.59. The molecular formula is C11H14N2O2S. The molecule has 2 rings (SSSR count). The highest BCUT2D eigenvalue weighted by Crippen LogP contribution is 2.11. The minimum absolute atomic E-state index is 0.0296. The number of nitrogens with zero attached hydrogens (tertiary/aromatic N) is 2. The third-order valence-electron chi connectivity index (χ3n) is 2.65. The second kappa shape index (κ2) is 4.74. The lowest BCUT2D eigenvalue weighted by molar-refractivity contribution is 0.0772. The quantitative estimate of drug-likeness (QED) is 0.718. The van der Waals surface area contributed by atoms with E-state index >= 15 is 0 Å². The summed E-state index contributed by atoms with van der Waals surface area (Å²) in [5.41, 5.74) is 0.354. The monoisotopic (exact) mass is 238 g/mol. The largest absolute Gasteiger partial charge is 0.337 e.